The van der Waals surface area contributed by atoms with Crippen molar-refractivity contribution in [3.05, 3.63) is 23.8 Å². The first-order valence-electron chi connectivity index (χ1n) is 6.33. The Bertz CT molecular complexity index is 383. The van der Waals surface area contributed by atoms with Crippen LogP contribution in [0, 0.1) is 0 Å². The van der Waals surface area contributed by atoms with E-state index in [1.165, 1.54) is 0 Å². The molecule has 0 spiro atoms. The van der Waals surface area contributed by atoms with Crippen LogP contribution in [-0.2, 0) is 0 Å². The van der Waals surface area contributed by atoms with Crippen LogP contribution in [0.2, 0.25) is 0 Å². The van der Waals surface area contributed by atoms with Crippen molar-refractivity contribution in [3.63, 3.8) is 0 Å². The van der Waals surface area contributed by atoms with Crippen molar-refractivity contribution in [2.75, 3.05) is 48.0 Å². The second-order valence-electron chi connectivity index (χ2n) is 4.60. The summed E-state index contributed by atoms with van der Waals surface area (Å²) in [4.78, 5) is 2.09. The van der Waals surface area contributed by atoms with Gasteiger partial charge in [0.1, 0.15) is 11.5 Å². The van der Waals surface area contributed by atoms with Crippen LogP contribution in [0.4, 0.5) is 0 Å². The highest BCUT2D eigenvalue weighted by Crippen LogP contribution is 2.29. The van der Waals surface area contributed by atoms with Gasteiger partial charge in [-0.3, -0.25) is 0 Å². The Morgan fingerprint density at radius 1 is 1.26 bits per heavy atom. The average Bonchev–Trinajstić information content (AvgIpc) is 2.42. The third kappa shape index (κ3) is 4.70. The van der Waals surface area contributed by atoms with Crippen molar-refractivity contribution in [1.82, 2.24) is 10.2 Å². The van der Waals surface area contributed by atoms with Gasteiger partial charge in [0.2, 0.25) is 0 Å². The van der Waals surface area contributed by atoms with Gasteiger partial charge < -0.3 is 24.8 Å². The number of methoxy groups -OCH3 is 2. The number of benzene rings is 1. The Balaban J connectivity index is 2.83. The van der Waals surface area contributed by atoms with E-state index in [0.29, 0.717) is 0 Å². The second-order valence-corrected chi connectivity index (χ2v) is 4.60. The molecular weight excluding hydrogens is 244 g/mol. The fourth-order valence-electron chi connectivity index (χ4n) is 1.85. The first-order valence-corrected chi connectivity index (χ1v) is 6.33. The van der Waals surface area contributed by atoms with Gasteiger partial charge in [0.05, 0.1) is 26.9 Å². The number of hydrogen-bond acceptors (Lipinski definition) is 5. The number of likely N-dealkylation sites (N-methyl/N-ethyl adjacent to an activating group) is 1. The minimum atomic E-state index is -0.162. The van der Waals surface area contributed by atoms with Crippen LogP contribution in [0.3, 0.4) is 0 Å². The van der Waals surface area contributed by atoms with Gasteiger partial charge in [0.25, 0.3) is 0 Å². The second kappa shape index (κ2) is 7.99. The minimum Gasteiger partial charge on any atom is -0.497 e. The molecule has 1 atom stereocenters. The topological polar surface area (TPSA) is 54.0 Å². The Labute approximate surface area is 115 Å². The highest BCUT2D eigenvalue weighted by Gasteiger charge is 2.15. The summed E-state index contributed by atoms with van der Waals surface area (Å²) in [5.41, 5.74) is 0.906. The van der Waals surface area contributed by atoms with Crippen molar-refractivity contribution >= 4 is 0 Å². The normalized spacial score (nSPS) is 12.5. The van der Waals surface area contributed by atoms with Gasteiger partial charge in [-0.1, -0.05) is 0 Å². The van der Waals surface area contributed by atoms with E-state index in [4.69, 9.17) is 9.47 Å². The summed E-state index contributed by atoms with van der Waals surface area (Å²) in [5, 5.41) is 12.9. The zero-order valence-corrected chi connectivity index (χ0v) is 12.1. The molecule has 0 aliphatic carbocycles. The largest absolute Gasteiger partial charge is 0.497 e. The lowest BCUT2D eigenvalue weighted by Crippen LogP contribution is -2.31. The molecule has 0 amide bonds. The molecule has 0 saturated heterocycles. The van der Waals surface area contributed by atoms with Gasteiger partial charge in [-0.25, -0.2) is 0 Å². The summed E-state index contributed by atoms with van der Waals surface area (Å²) in [6.07, 6.45) is 0. The summed E-state index contributed by atoms with van der Waals surface area (Å²) < 4.78 is 10.6. The van der Waals surface area contributed by atoms with E-state index in [1.807, 2.05) is 32.3 Å². The van der Waals surface area contributed by atoms with E-state index < -0.39 is 0 Å². The first kappa shape index (κ1) is 15.8. The van der Waals surface area contributed by atoms with Crippen molar-refractivity contribution in [2.24, 2.45) is 0 Å². The molecule has 2 N–H and O–H groups in total. The summed E-state index contributed by atoms with van der Waals surface area (Å²) in [6.45, 7) is 1.71. The predicted octanol–water partition coefficient (Wildman–Crippen LogP) is 0.888. The van der Waals surface area contributed by atoms with Crippen molar-refractivity contribution in [3.8, 4) is 11.5 Å². The van der Waals surface area contributed by atoms with Gasteiger partial charge in [0.15, 0.2) is 0 Å². The first-order chi connectivity index (χ1) is 9.12. The molecule has 1 aromatic carbocycles. The van der Waals surface area contributed by atoms with Crippen LogP contribution < -0.4 is 14.8 Å². The van der Waals surface area contributed by atoms with Crippen LogP contribution >= 0.6 is 0 Å². The van der Waals surface area contributed by atoms with Gasteiger partial charge >= 0.3 is 0 Å². The van der Waals surface area contributed by atoms with E-state index in [9.17, 15) is 5.11 Å². The lowest BCUT2D eigenvalue weighted by Gasteiger charge is -2.21. The van der Waals surface area contributed by atoms with Crippen LogP contribution in [0.5, 0.6) is 11.5 Å². The van der Waals surface area contributed by atoms with E-state index in [1.54, 1.807) is 14.2 Å². The van der Waals surface area contributed by atoms with Gasteiger partial charge in [-0.2, -0.15) is 0 Å². The molecule has 5 nitrogen and oxygen atoms in total. The number of nitrogens with zero attached hydrogens (tertiary/aromatic N) is 1. The smallest absolute Gasteiger partial charge is 0.123 e. The van der Waals surface area contributed by atoms with Gasteiger partial charge in [-0.05, 0) is 32.3 Å². The highest BCUT2D eigenvalue weighted by molar-refractivity contribution is 5.42. The highest BCUT2D eigenvalue weighted by atomic mass is 16.5. The van der Waals surface area contributed by atoms with Crippen molar-refractivity contribution in [2.45, 2.75) is 6.04 Å². The minimum absolute atomic E-state index is 0.0109. The molecule has 19 heavy (non-hydrogen) atoms. The maximum Gasteiger partial charge on any atom is 0.123 e. The zero-order valence-electron chi connectivity index (χ0n) is 12.1. The summed E-state index contributed by atoms with van der Waals surface area (Å²) in [7, 11) is 7.28. The van der Waals surface area contributed by atoms with Gasteiger partial charge in [0, 0.05) is 18.7 Å². The Morgan fingerprint density at radius 3 is 2.53 bits per heavy atom. The van der Waals surface area contributed by atoms with E-state index in [-0.39, 0.29) is 12.6 Å². The van der Waals surface area contributed by atoms with Crippen LogP contribution in [0.15, 0.2) is 18.2 Å². The maximum absolute atomic E-state index is 9.56. The number of rotatable bonds is 8. The fraction of sp³-hybridized carbons (Fsp3) is 0.571. The molecule has 0 radical (unpaired) electrons. The standard InChI is InChI=1S/C14H24N2O3/c1-16(2)8-7-15-13(10-17)12-9-11(18-3)5-6-14(12)19-4/h5-6,9,13,15,17H,7-8,10H2,1-4H3. The van der Waals surface area contributed by atoms with Crippen molar-refractivity contribution < 1.29 is 14.6 Å². The Hall–Kier alpha value is -1.30. The van der Waals surface area contributed by atoms with E-state index in [0.717, 1.165) is 30.2 Å². The fourth-order valence-corrected chi connectivity index (χ4v) is 1.85. The SMILES string of the molecule is COc1ccc(OC)c(C(CO)NCCN(C)C)c1. The summed E-state index contributed by atoms with van der Waals surface area (Å²) in [6, 6.07) is 5.42. The average molecular weight is 268 g/mol. The number of aliphatic hydroxyl groups is 1. The molecule has 1 rings (SSSR count). The summed E-state index contributed by atoms with van der Waals surface area (Å²) >= 11 is 0. The number of ether oxygens (including phenoxy) is 2. The molecule has 1 aromatic rings. The van der Waals surface area contributed by atoms with Crippen molar-refractivity contribution in [1.29, 1.82) is 0 Å². The molecule has 5 heteroatoms. The van der Waals surface area contributed by atoms with Crippen LogP contribution in [0.1, 0.15) is 11.6 Å². The van der Waals surface area contributed by atoms with E-state index >= 15 is 0 Å². The van der Waals surface area contributed by atoms with E-state index in [2.05, 4.69) is 10.2 Å². The molecule has 0 aliphatic rings. The molecule has 0 heterocycles. The molecular formula is C14H24N2O3. The molecule has 0 aromatic heterocycles. The quantitative estimate of drug-likeness (QED) is 0.733. The lowest BCUT2D eigenvalue weighted by molar-refractivity contribution is 0.236. The monoisotopic (exact) mass is 268 g/mol. The molecule has 0 aliphatic heterocycles. The lowest BCUT2D eigenvalue weighted by atomic mass is 10.1. The number of aliphatic hydroxyl groups excluding tert-OH is 1. The Morgan fingerprint density at radius 2 is 2.00 bits per heavy atom. The van der Waals surface area contributed by atoms with Crippen LogP contribution in [-0.4, -0.2) is 58.0 Å². The molecule has 108 valence electrons. The maximum atomic E-state index is 9.56. The molecule has 1 unspecified atom stereocenters. The molecule has 0 bridgehead atoms. The number of hydrogen-bond donors (Lipinski definition) is 2. The third-order valence-corrected chi connectivity index (χ3v) is 2.94. The van der Waals surface area contributed by atoms with Gasteiger partial charge in [-0.15, -0.1) is 0 Å². The third-order valence-electron chi connectivity index (χ3n) is 2.94. The number of nitrogens with one attached hydrogen (secondary N) is 1. The van der Waals surface area contributed by atoms with Crippen LogP contribution in [0.25, 0.3) is 0 Å². The summed E-state index contributed by atoms with van der Waals surface area (Å²) in [5.74, 6) is 1.50. The Kier molecular flexibility index (Phi) is 6.62. The molecule has 0 saturated carbocycles. The predicted molar refractivity (Wildman–Crippen MR) is 75.9 cm³/mol. The molecule has 0 fully saturated rings. The zero-order chi connectivity index (χ0) is 14.3.